The summed E-state index contributed by atoms with van der Waals surface area (Å²) in [6, 6.07) is 7.23. The zero-order chi connectivity index (χ0) is 14.6. The molecule has 1 aliphatic carbocycles. The monoisotopic (exact) mass is 273 g/mol. The van der Waals surface area contributed by atoms with Crippen molar-refractivity contribution in [1.29, 1.82) is 0 Å². The minimum atomic E-state index is 0.274. The van der Waals surface area contributed by atoms with Crippen LogP contribution in [0.25, 0.3) is 0 Å². The van der Waals surface area contributed by atoms with Gasteiger partial charge in [0.05, 0.1) is 0 Å². The van der Waals surface area contributed by atoms with Crippen LogP contribution in [0.3, 0.4) is 0 Å². The second-order valence-corrected chi connectivity index (χ2v) is 7.42. The summed E-state index contributed by atoms with van der Waals surface area (Å²) in [5.41, 5.74) is 4.99. The highest BCUT2D eigenvalue weighted by atomic mass is 14.9. The van der Waals surface area contributed by atoms with E-state index in [0.29, 0.717) is 0 Å². The lowest BCUT2D eigenvalue weighted by Crippen LogP contribution is -2.28. The summed E-state index contributed by atoms with van der Waals surface area (Å²) in [5.74, 6) is 0.738. The molecule has 1 N–H and O–H groups in total. The van der Waals surface area contributed by atoms with Crippen molar-refractivity contribution < 1.29 is 0 Å². The predicted molar refractivity (Wildman–Crippen MR) is 88.4 cm³/mol. The van der Waals surface area contributed by atoms with Crippen molar-refractivity contribution in [1.82, 2.24) is 5.32 Å². The van der Waals surface area contributed by atoms with E-state index in [2.05, 4.69) is 51.2 Å². The SMILES string of the molecule is CC(C)CNCCC(C)(C)c1ccc2c(c1)CCCC2. The number of rotatable bonds is 6. The maximum atomic E-state index is 3.57. The van der Waals surface area contributed by atoms with E-state index < -0.39 is 0 Å². The molecule has 0 bridgehead atoms. The quantitative estimate of drug-likeness (QED) is 0.754. The molecular formula is C19H31N. The first-order valence-corrected chi connectivity index (χ1v) is 8.32. The molecule has 20 heavy (non-hydrogen) atoms. The summed E-state index contributed by atoms with van der Waals surface area (Å²) < 4.78 is 0. The van der Waals surface area contributed by atoms with Gasteiger partial charge in [0.1, 0.15) is 0 Å². The third-order valence-electron chi connectivity index (χ3n) is 4.61. The zero-order valence-corrected chi connectivity index (χ0v) is 13.8. The second-order valence-electron chi connectivity index (χ2n) is 7.42. The predicted octanol–water partition coefficient (Wildman–Crippen LogP) is 4.48. The van der Waals surface area contributed by atoms with Crippen LogP contribution >= 0.6 is 0 Å². The Hall–Kier alpha value is -0.820. The van der Waals surface area contributed by atoms with Gasteiger partial charge in [-0.15, -0.1) is 0 Å². The standard InChI is InChI=1S/C19H31N/c1-15(2)14-20-12-11-19(3,4)18-10-9-16-7-5-6-8-17(16)13-18/h9-10,13,15,20H,5-8,11-12,14H2,1-4H3. The third-order valence-corrected chi connectivity index (χ3v) is 4.61. The molecule has 0 spiro atoms. The molecule has 2 rings (SSSR count). The molecule has 0 saturated heterocycles. The minimum Gasteiger partial charge on any atom is -0.316 e. The molecular weight excluding hydrogens is 242 g/mol. The Morgan fingerprint density at radius 1 is 1.10 bits per heavy atom. The fourth-order valence-electron chi connectivity index (χ4n) is 3.09. The van der Waals surface area contributed by atoms with E-state index in [1.807, 2.05) is 0 Å². The van der Waals surface area contributed by atoms with Crippen LogP contribution in [0.5, 0.6) is 0 Å². The summed E-state index contributed by atoms with van der Waals surface area (Å²) in [4.78, 5) is 0. The van der Waals surface area contributed by atoms with Crippen molar-refractivity contribution in [3.63, 3.8) is 0 Å². The minimum absolute atomic E-state index is 0.274. The first-order valence-electron chi connectivity index (χ1n) is 8.32. The number of hydrogen-bond donors (Lipinski definition) is 1. The molecule has 0 unspecified atom stereocenters. The Morgan fingerprint density at radius 2 is 1.80 bits per heavy atom. The van der Waals surface area contributed by atoms with Gasteiger partial charge in [0, 0.05) is 0 Å². The van der Waals surface area contributed by atoms with Gasteiger partial charge in [-0.2, -0.15) is 0 Å². The molecule has 0 radical (unpaired) electrons. The number of fused-ring (bicyclic) bond motifs is 1. The third kappa shape index (κ3) is 4.09. The molecule has 1 heteroatoms. The maximum absolute atomic E-state index is 3.57. The number of benzene rings is 1. The summed E-state index contributed by atoms with van der Waals surface area (Å²) in [6.07, 6.45) is 6.51. The molecule has 1 aliphatic rings. The van der Waals surface area contributed by atoms with E-state index in [9.17, 15) is 0 Å². The average molecular weight is 273 g/mol. The molecule has 0 atom stereocenters. The largest absolute Gasteiger partial charge is 0.316 e. The average Bonchev–Trinajstić information content (AvgIpc) is 2.43. The van der Waals surface area contributed by atoms with Gasteiger partial charge in [-0.05, 0) is 73.2 Å². The first kappa shape index (κ1) is 15.6. The number of aryl methyl sites for hydroxylation is 2. The van der Waals surface area contributed by atoms with Crippen LogP contribution in [-0.4, -0.2) is 13.1 Å². The fourth-order valence-corrected chi connectivity index (χ4v) is 3.09. The van der Waals surface area contributed by atoms with Gasteiger partial charge in [0.15, 0.2) is 0 Å². The Balaban J connectivity index is 1.98. The van der Waals surface area contributed by atoms with Crippen molar-refractivity contribution in [3.05, 3.63) is 34.9 Å². The van der Waals surface area contributed by atoms with Gasteiger partial charge in [-0.1, -0.05) is 45.9 Å². The van der Waals surface area contributed by atoms with Crippen molar-refractivity contribution in [3.8, 4) is 0 Å². The van der Waals surface area contributed by atoms with Gasteiger partial charge in [-0.3, -0.25) is 0 Å². The summed E-state index contributed by atoms with van der Waals surface area (Å²) in [6.45, 7) is 11.5. The molecule has 0 fully saturated rings. The molecule has 0 heterocycles. The highest BCUT2D eigenvalue weighted by molar-refractivity contribution is 5.37. The molecule has 1 nitrogen and oxygen atoms in total. The van der Waals surface area contributed by atoms with Crippen molar-refractivity contribution in [2.45, 2.75) is 65.2 Å². The maximum Gasteiger partial charge on any atom is -0.00258 e. The first-order chi connectivity index (χ1) is 9.49. The highest BCUT2D eigenvalue weighted by Crippen LogP contribution is 2.30. The lowest BCUT2D eigenvalue weighted by molar-refractivity contribution is 0.441. The molecule has 0 amide bonds. The van der Waals surface area contributed by atoms with Crippen LogP contribution in [0.2, 0.25) is 0 Å². The lowest BCUT2D eigenvalue weighted by atomic mass is 9.78. The molecule has 1 aromatic carbocycles. The molecule has 0 aliphatic heterocycles. The van der Waals surface area contributed by atoms with E-state index in [0.717, 1.165) is 19.0 Å². The van der Waals surface area contributed by atoms with Crippen LogP contribution in [-0.2, 0) is 18.3 Å². The van der Waals surface area contributed by atoms with Crippen LogP contribution in [0.4, 0.5) is 0 Å². The van der Waals surface area contributed by atoms with Gasteiger partial charge in [0.25, 0.3) is 0 Å². The Bertz CT molecular complexity index is 431. The smallest absolute Gasteiger partial charge is 0.00258 e. The van der Waals surface area contributed by atoms with Gasteiger partial charge >= 0.3 is 0 Å². The van der Waals surface area contributed by atoms with E-state index in [1.54, 1.807) is 11.1 Å². The number of nitrogens with one attached hydrogen (secondary N) is 1. The second kappa shape index (κ2) is 6.76. The van der Waals surface area contributed by atoms with Crippen molar-refractivity contribution in [2.24, 2.45) is 5.92 Å². The Labute approximate surface area is 125 Å². The van der Waals surface area contributed by atoms with Gasteiger partial charge in [-0.25, -0.2) is 0 Å². The van der Waals surface area contributed by atoms with E-state index in [1.165, 1.54) is 37.7 Å². The Kier molecular flexibility index (Phi) is 5.26. The fraction of sp³-hybridized carbons (Fsp3) is 0.684. The van der Waals surface area contributed by atoms with E-state index in [4.69, 9.17) is 0 Å². The van der Waals surface area contributed by atoms with Crippen molar-refractivity contribution in [2.75, 3.05) is 13.1 Å². The zero-order valence-electron chi connectivity index (χ0n) is 13.8. The van der Waals surface area contributed by atoms with E-state index >= 15 is 0 Å². The van der Waals surface area contributed by atoms with Crippen LogP contribution < -0.4 is 5.32 Å². The van der Waals surface area contributed by atoms with Crippen LogP contribution in [0.15, 0.2) is 18.2 Å². The number of hydrogen-bond acceptors (Lipinski definition) is 1. The topological polar surface area (TPSA) is 12.0 Å². The molecule has 0 saturated carbocycles. The lowest BCUT2D eigenvalue weighted by Gasteiger charge is -2.28. The normalized spacial score (nSPS) is 15.4. The van der Waals surface area contributed by atoms with E-state index in [-0.39, 0.29) is 5.41 Å². The summed E-state index contributed by atoms with van der Waals surface area (Å²) >= 11 is 0. The molecule has 112 valence electrons. The van der Waals surface area contributed by atoms with Crippen LogP contribution in [0.1, 0.15) is 63.6 Å². The summed E-state index contributed by atoms with van der Waals surface area (Å²) in [7, 11) is 0. The Morgan fingerprint density at radius 3 is 2.50 bits per heavy atom. The van der Waals surface area contributed by atoms with Crippen molar-refractivity contribution >= 4 is 0 Å². The van der Waals surface area contributed by atoms with Gasteiger partial charge < -0.3 is 5.32 Å². The molecule has 0 aromatic heterocycles. The van der Waals surface area contributed by atoms with Gasteiger partial charge in [0.2, 0.25) is 0 Å². The molecule has 1 aromatic rings. The van der Waals surface area contributed by atoms with Crippen LogP contribution in [0, 0.1) is 5.92 Å². The summed E-state index contributed by atoms with van der Waals surface area (Å²) in [5, 5.41) is 3.57. The highest BCUT2D eigenvalue weighted by Gasteiger charge is 2.21.